The predicted molar refractivity (Wildman–Crippen MR) is 95.2 cm³/mol. The minimum absolute atomic E-state index is 0.0209. The van der Waals surface area contributed by atoms with E-state index >= 15 is 0 Å². The minimum Gasteiger partial charge on any atom is -0.469 e. The Morgan fingerprint density at radius 3 is 2.19 bits per heavy atom. The first-order chi connectivity index (χ1) is 12.2. The van der Waals surface area contributed by atoms with E-state index in [2.05, 4.69) is 36.1 Å². The van der Waals surface area contributed by atoms with Gasteiger partial charge in [-0.3, -0.25) is 4.79 Å². The summed E-state index contributed by atoms with van der Waals surface area (Å²) < 4.78 is 9.51. The summed E-state index contributed by atoms with van der Waals surface area (Å²) in [7, 11) is 2.49. The zero-order valence-corrected chi connectivity index (χ0v) is 15.6. The Bertz CT molecular complexity index is 744. The third kappa shape index (κ3) is 4.22. The van der Waals surface area contributed by atoms with Crippen molar-refractivity contribution >= 4 is 18.0 Å². The lowest BCUT2D eigenvalue weighted by Crippen LogP contribution is -2.46. The van der Waals surface area contributed by atoms with Gasteiger partial charge in [0, 0.05) is 5.70 Å². The van der Waals surface area contributed by atoms with Crippen LogP contribution >= 0.6 is 0 Å². The molecule has 2 rings (SSSR count). The van der Waals surface area contributed by atoms with Gasteiger partial charge in [0.1, 0.15) is 0 Å². The van der Waals surface area contributed by atoms with Gasteiger partial charge in [0.15, 0.2) is 0 Å². The van der Waals surface area contributed by atoms with Crippen molar-refractivity contribution in [3.8, 4) is 0 Å². The molecule has 1 aromatic carbocycles. The summed E-state index contributed by atoms with van der Waals surface area (Å²) in [6.07, 6.45) is -0.231. The predicted octanol–water partition coefficient (Wildman–Crippen LogP) is 2.33. The summed E-state index contributed by atoms with van der Waals surface area (Å²) in [4.78, 5) is 36.1. The molecule has 0 saturated heterocycles. The van der Waals surface area contributed by atoms with E-state index in [1.165, 1.54) is 14.2 Å². The molecule has 1 heterocycles. The molecule has 1 aliphatic rings. The molecule has 0 aliphatic carbocycles. The molecule has 7 heteroatoms. The SMILES string of the molecule is COC(=O)CC1=C(C(=O)OC)[C@H](c2ccc(C(C)(C)C)cc2)NC(=O)N1. The molecule has 0 spiro atoms. The minimum atomic E-state index is -0.718. The maximum Gasteiger partial charge on any atom is 0.337 e. The molecule has 2 N–H and O–H groups in total. The Balaban J connectivity index is 2.49. The first-order valence-corrected chi connectivity index (χ1v) is 8.23. The van der Waals surface area contributed by atoms with E-state index in [0.717, 1.165) is 11.1 Å². The third-order valence-corrected chi connectivity index (χ3v) is 4.22. The summed E-state index contributed by atoms with van der Waals surface area (Å²) in [5.74, 6) is -1.19. The highest BCUT2D eigenvalue weighted by Crippen LogP contribution is 2.31. The molecule has 0 radical (unpaired) electrons. The number of nitrogens with one attached hydrogen (secondary N) is 2. The van der Waals surface area contributed by atoms with Gasteiger partial charge in [-0.25, -0.2) is 9.59 Å². The van der Waals surface area contributed by atoms with Gasteiger partial charge >= 0.3 is 18.0 Å². The van der Waals surface area contributed by atoms with Gasteiger partial charge in [0.2, 0.25) is 0 Å². The molecule has 0 saturated carbocycles. The van der Waals surface area contributed by atoms with Crippen molar-refractivity contribution in [1.29, 1.82) is 0 Å². The van der Waals surface area contributed by atoms with Crippen LogP contribution in [0.1, 0.15) is 44.4 Å². The van der Waals surface area contributed by atoms with E-state index in [1.807, 2.05) is 24.3 Å². The molecule has 1 aliphatic heterocycles. The fraction of sp³-hybridized carbons (Fsp3) is 0.421. The number of ether oxygens (including phenoxy) is 2. The summed E-state index contributed by atoms with van der Waals surface area (Å²) in [6, 6.07) is 6.41. The maximum atomic E-state index is 12.3. The number of hydrogen-bond donors (Lipinski definition) is 2. The third-order valence-electron chi connectivity index (χ3n) is 4.22. The molecule has 0 unspecified atom stereocenters. The fourth-order valence-electron chi connectivity index (χ4n) is 2.75. The van der Waals surface area contributed by atoms with E-state index in [-0.39, 0.29) is 23.1 Å². The lowest BCUT2D eigenvalue weighted by atomic mass is 9.85. The van der Waals surface area contributed by atoms with Crippen LogP contribution in [0.25, 0.3) is 0 Å². The fourth-order valence-corrected chi connectivity index (χ4v) is 2.75. The molecule has 1 atom stereocenters. The Kier molecular flexibility index (Phi) is 5.69. The monoisotopic (exact) mass is 360 g/mol. The first kappa shape index (κ1) is 19.5. The van der Waals surface area contributed by atoms with Gasteiger partial charge in [-0.2, -0.15) is 0 Å². The van der Waals surface area contributed by atoms with Gasteiger partial charge in [-0.05, 0) is 16.5 Å². The van der Waals surface area contributed by atoms with E-state index in [0.29, 0.717) is 0 Å². The van der Waals surface area contributed by atoms with Crippen LogP contribution in [0, 0.1) is 0 Å². The number of rotatable bonds is 4. The highest BCUT2D eigenvalue weighted by molar-refractivity contribution is 5.96. The van der Waals surface area contributed by atoms with Crippen molar-refractivity contribution in [2.45, 2.75) is 38.6 Å². The smallest absolute Gasteiger partial charge is 0.337 e. The average Bonchev–Trinajstić information content (AvgIpc) is 2.59. The molecule has 0 aromatic heterocycles. The van der Waals surface area contributed by atoms with Crippen molar-refractivity contribution in [3.63, 3.8) is 0 Å². The molecular formula is C19H24N2O5. The average molecular weight is 360 g/mol. The Morgan fingerprint density at radius 2 is 1.69 bits per heavy atom. The highest BCUT2D eigenvalue weighted by Gasteiger charge is 2.34. The molecule has 0 bridgehead atoms. The second-order valence-corrected chi connectivity index (χ2v) is 7.04. The van der Waals surface area contributed by atoms with Crippen molar-refractivity contribution in [2.75, 3.05) is 14.2 Å². The molecule has 2 amide bonds. The second-order valence-electron chi connectivity index (χ2n) is 7.04. The molecule has 26 heavy (non-hydrogen) atoms. The van der Waals surface area contributed by atoms with E-state index < -0.39 is 24.0 Å². The summed E-state index contributed by atoms with van der Waals surface area (Å²) in [5, 5.41) is 5.23. The van der Waals surface area contributed by atoms with Crippen LogP contribution in [-0.4, -0.2) is 32.2 Å². The Labute approximate surface area is 152 Å². The summed E-state index contributed by atoms with van der Waals surface area (Å²) in [5.41, 5.74) is 2.18. The van der Waals surface area contributed by atoms with Crippen molar-refractivity contribution < 1.29 is 23.9 Å². The van der Waals surface area contributed by atoms with Gasteiger partial charge in [-0.1, -0.05) is 45.0 Å². The molecular weight excluding hydrogens is 336 g/mol. The maximum absolute atomic E-state index is 12.3. The van der Waals surface area contributed by atoms with E-state index in [9.17, 15) is 14.4 Å². The number of esters is 2. The summed E-state index contributed by atoms with van der Waals surface area (Å²) >= 11 is 0. The van der Waals surface area contributed by atoms with Crippen molar-refractivity contribution in [2.24, 2.45) is 0 Å². The van der Waals surface area contributed by atoms with Crippen molar-refractivity contribution in [3.05, 3.63) is 46.7 Å². The van der Waals surface area contributed by atoms with Gasteiger partial charge in [0.25, 0.3) is 0 Å². The summed E-state index contributed by atoms with van der Waals surface area (Å²) in [6.45, 7) is 6.30. The number of hydrogen-bond acceptors (Lipinski definition) is 5. The van der Waals surface area contributed by atoms with Crippen molar-refractivity contribution in [1.82, 2.24) is 10.6 Å². The van der Waals surface area contributed by atoms with E-state index in [1.54, 1.807) is 0 Å². The zero-order chi connectivity index (χ0) is 19.5. The van der Waals surface area contributed by atoms with Gasteiger partial charge in [0.05, 0.1) is 32.3 Å². The molecule has 7 nitrogen and oxygen atoms in total. The lowest BCUT2D eigenvalue weighted by molar-refractivity contribution is -0.139. The number of carbonyl (C=O) groups excluding carboxylic acids is 3. The van der Waals surface area contributed by atoms with E-state index in [4.69, 9.17) is 4.74 Å². The van der Waals surface area contributed by atoms with Crippen LogP contribution in [0.2, 0.25) is 0 Å². The highest BCUT2D eigenvalue weighted by atomic mass is 16.5. The Morgan fingerprint density at radius 1 is 1.08 bits per heavy atom. The van der Waals surface area contributed by atoms with Crippen LogP contribution in [0.3, 0.4) is 0 Å². The quantitative estimate of drug-likeness (QED) is 0.804. The standard InChI is InChI=1S/C19H24N2O5/c1-19(2,3)12-8-6-11(7-9-12)16-15(17(23)26-5)13(10-14(22)25-4)20-18(24)21-16/h6-9,16H,10H2,1-5H3,(H2,20,21,24)/t16-/m0/s1. The molecule has 1 aromatic rings. The van der Waals surface area contributed by atoms with Crippen LogP contribution in [0.4, 0.5) is 4.79 Å². The topological polar surface area (TPSA) is 93.7 Å². The number of urea groups is 1. The van der Waals surface area contributed by atoms with Gasteiger partial charge < -0.3 is 20.1 Å². The Hall–Kier alpha value is -2.83. The second kappa shape index (κ2) is 7.59. The lowest BCUT2D eigenvalue weighted by Gasteiger charge is -2.29. The largest absolute Gasteiger partial charge is 0.469 e. The molecule has 140 valence electrons. The first-order valence-electron chi connectivity index (χ1n) is 8.23. The number of carbonyl (C=O) groups is 3. The number of benzene rings is 1. The van der Waals surface area contributed by atoms with Crippen LogP contribution in [-0.2, 0) is 24.5 Å². The number of amides is 2. The normalized spacial score (nSPS) is 17.3. The van der Waals surface area contributed by atoms with Crippen LogP contribution in [0.5, 0.6) is 0 Å². The van der Waals surface area contributed by atoms with Gasteiger partial charge in [-0.15, -0.1) is 0 Å². The number of methoxy groups -OCH3 is 2. The zero-order valence-electron chi connectivity index (χ0n) is 15.6. The molecule has 0 fully saturated rings. The van der Waals surface area contributed by atoms with Crippen LogP contribution < -0.4 is 10.6 Å². The van der Waals surface area contributed by atoms with Crippen LogP contribution in [0.15, 0.2) is 35.5 Å².